The molecule has 0 aliphatic carbocycles. The topological polar surface area (TPSA) is 76.4 Å². The van der Waals surface area contributed by atoms with E-state index in [1.165, 1.54) is 6.08 Å². The molecule has 2 heterocycles. The number of hydrogen-bond acceptors (Lipinski definition) is 5. The first-order chi connectivity index (χ1) is 13.1. The molecule has 1 aromatic heterocycles. The van der Waals surface area contributed by atoms with E-state index >= 15 is 0 Å². The maximum absolute atomic E-state index is 12.8. The van der Waals surface area contributed by atoms with Crippen LogP contribution in [0.2, 0.25) is 0 Å². The number of esters is 1. The number of rotatable bonds is 4. The minimum absolute atomic E-state index is 0.134. The number of carbonyl (C=O) groups excluding carboxylic acids is 1. The maximum Gasteiger partial charge on any atom is 0.338 e. The third kappa shape index (κ3) is 2.85. The number of allylic oxidation sites excluding steroid dienone is 1. The molecule has 2 N–H and O–H groups in total. The molecule has 136 valence electrons. The fraction of sp³-hybridized carbons (Fsp3) is 0.143. The van der Waals surface area contributed by atoms with Gasteiger partial charge in [-0.2, -0.15) is 0 Å². The second-order valence-electron chi connectivity index (χ2n) is 6.34. The molecule has 6 nitrogen and oxygen atoms in total. The van der Waals surface area contributed by atoms with Crippen molar-refractivity contribution in [3.63, 3.8) is 0 Å². The van der Waals surface area contributed by atoms with Crippen molar-refractivity contribution >= 4 is 23.0 Å². The van der Waals surface area contributed by atoms with Gasteiger partial charge in [0.1, 0.15) is 12.4 Å². The lowest BCUT2D eigenvalue weighted by Crippen LogP contribution is -2.29. The fourth-order valence-electron chi connectivity index (χ4n) is 3.41. The van der Waals surface area contributed by atoms with Gasteiger partial charge in [-0.1, -0.05) is 36.9 Å². The van der Waals surface area contributed by atoms with E-state index in [-0.39, 0.29) is 12.4 Å². The summed E-state index contributed by atoms with van der Waals surface area (Å²) in [7, 11) is 0. The molecule has 2 aromatic carbocycles. The average molecular weight is 361 g/mol. The quantitative estimate of drug-likeness (QED) is 0.547. The Labute approximate surface area is 156 Å². The van der Waals surface area contributed by atoms with Gasteiger partial charge >= 0.3 is 5.97 Å². The smallest absolute Gasteiger partial charge is 0.338 e. The van der Waals surface area contributed by atoms with Crippen LogP contribution >= 0.6 is 0 Å². The Balaban J connectivity index is 1.93. The summed E-state index contributed by atoms with van der Waals surface area (Å²) in [6.45, 7) is 5.57. The number of phenolic OH excluding ortho intramolecular Hbond substituents is 1. The predicted octanol–water partition coefficient (Wildman–Crippen LogP) is 3.76. The van der Waals surface area contributed by atoms with Crippen LogP contribution in [-0.4, -0.2) is 27.2 Å². The zero-order valence-corrected chi connectivity index (χ0v) is 14.8. The number of nitrogens with zero attached hydrogens (tertiary/aromatic N) is 2. The minimum Gasteiger partial charge on any atom is -0.508 e. The second-order valence-corrected chi connectivity index (χ2v) is 6.34. The summed E-state index contributed by atoms with van der Waals surface area (Å²) < 4.78 is 7.33. The molecule has 0 saturated carbocycles. The van der Waals surface area contributed by atoms with Crippen LogP contribution in [-0.2, 0) is 9.53 Å². The normalized spacial score (nSPS) is 16.0. The summed E-state index contributed by atoms with van der Waals surface area (Å²) >= 11 is 0. The molecule has 1 aliphatic heterocycles. The van der Waals surface area contributed by atoms with Crippen LogP contribution in [0.5, 0.6) is 5.75 Å². The van der Waals surface area contributed by atoms with E-state index in [9.17, 15) is 9.90 Å². The van der Waals surface area contributed by atoms with Gasteiger partial charge < -0.3 is 15.2 Å². The highest BCUT2D eigenvalue weighted by Crippen LogP contribution is 2.39. The number of phenols is 1. The Bertz CT molecular complexity index is 1060. The number of hydrogen-bond donors (Lipinski definition) is 2. The number of carbonyl (C=O) groups is 1. The predicted molar refractivity (Wildman–Crippen MR) is 103 cm³/mol. The van der Waals surface area contributed by atoms with Crippen LogP contribution in [0.15, 0.2) is 72.5 Å². The molecule has 0 radical (unpaired) electrons. The van der Waals surface area contributed by atoms with Gasteiger partial charge in [0, 0.05) is 5.70 Å². The number of anilines is 1. The number of imidazole rings is 1. The summed E-state index contributed by atoms with van der Waals surface area (Å²) in [5.41, 5.74) is 3.77. The standard InChI is InChI=1S/C21H19N3O3/c1-3-12-27-20(26)18-13(2)22-21-23-16-6-4-5-7-17(16)24(21)19(18)14-8-10-15(25)11-9-14/h3-11,19,25H,1,12H2,2H3,(H,22,23). The zero-order chi connectivity index (χ0) is 19.0. The molecule has 0 amide bonds. The minimum atomic E-state index is -0.424. The third-order valence-electron chi connectivity index (χ3n) is 4.59. The van der Waals surface area contributed by atoms with Crippen molar-refractivity contribution in [2.24, 2.45) is 0 Å². The van der Waals surface area contributed by atoms with Crippen LogP contribution in [0.3, 0.4) is 0 Å². The van der Waals surface area contributed by atoms with E-state index in [0.717, 1.165) is 16.6 Å². The Hall–Kier alpha value is -3.54. The van der Waals surface area contributed by atoms with Gasteiger partial charge in [0.25, 0.3) is 0 Å². The fourth-order valence-corrected chi connectivity index (χ4v) is 3.41. The largest absolute Gasteiger partial charge is 0.508 e. The van der Waals surface area contributed by atoms with E-state index in [2.05, 4.69) is 16.9 Å². The number of fused-ring (bicyclic) bond motifs is 3. The number of aromatic hydroxyl groups is 1. The molecule has 0 fully saturated rings. The number of para-hydroxylation sites is 2. The van der Waals surface area contributed by atoms with Crippen LogP contribution in [0.4, 0.5) is 5.95 Å². The number of aromatic nitrogens is 2. The second kappa shape index (κ2) is 6.64. The van der Waals surface area contributed by atoms with Crippen molar-refractivity contribution in [1.29, 1.82) is 0 Å². The lowest BCUT2D eigenvalue weighted by atomic mass is 9.95. The van der Waals surface area contributed by atoms with Crippen molar-refractivity contribution in [2.75, 3.05) is 11.9 Å². The zero-order valence-electron chi connectivity index (χ0n) is 14.8. The lowest BCUT2D eigenvalue weighted by Gasteiger charge is -2.30. The molecule has 1 atom stereocenters. The van der Waals surface area contributed by atoms with E-state index in [1.54, 1.807) is 24.3 Å². The van der Waals surface area contributed by atoms with E-state index in [4.69, 9.17) is 4.74 Å². The van der Waals surface area contributed by atoms with Crippen LogP contribution in [0.25, 0.3) is 11.0 Å². The highest BCUT2D eigenvalue weighted by atomic mass is 16.5. The van der Waals surface area contributed by atoms with Crippen molar-refractivity contribution in [1.82, 2.24) is 9.55 Å². The first-order valence-electron chi connectivity index (χ1n) is 8.62. The van der Waals surface area contributed by atoms with E-state index in [1.807, 2.05) is 35.8 Å². The van der Waals surface area contributed by atoms with Crippen LogP contribution in [0.1, 0.15) is 18.5 Å². The molecule has 3 aromatic rings. The Morgan fingerprint density at radius 1 is 1.30 bits per heavy atom. The van der Waals surface area contributed by atoms with Crippen molar-refractivity contribution in [2.45, 2.75) is 13.0 Å². The average Bonchev–Trinajstić information content (AvgIpc) is 3.03. The molecular formula is C21H19N3O3. The highest BCUT2D eigenvalue weighted by molar-refractivity contribution is 5.94. The molecule has 0 saturated heterocycles. The molecule has 1 unspecified atom stereocenters. The Kier molecular flexibility index (Phi) is 4.16. The van der Waals surface area contributed by atoms with Gasteiger partial charge in [-0.3, -0.25) is 4.57 Å². The monoisotopic (exact) mass is 361 g/mol. The summed E-state index contributed by atoms with van der Waals surface area (Å²) in [6, 6.07) is 14.2. The van der Waals surface area contributed by atoms with E-state index < -0.39 is 12.0 Å². The van der Waals surface area contributed by atoms with Gasteiger partial charge in [0.15, 0.2) is 0 Å². The molecular weight excluding hydrogens is 342 g/mol. The molecule has 27 heavy (non-hydrogen) atoms. The van der Waals surface area contributed by atoms with Gasteiger partial charge in [-0.05, 0) is 36.8 Å². The number of benzene rings is 2. The lowest BCUT2D eigenvalue weighted by molar-refractivity contribution is -0.138. The Morgan fingerprint density at radius 2 is 2.04 bits per heavy atom. The summed E-state index contributed by atoms with van der Waals surface area (Å²) in [4.78, 5) is 17.5. The summed E-state index contributed by atoms with van der Waals surface area (Å²) in [5, 5.41) is 12.9. The highest BCUT2D eigenvalue weighted by Gasteiger charge is 2.34. The SMILES string of the molecule is C=CCOC(=O)C1=C(C)Nc2nc3ccccc3n2C1c1ccc(O)cc1. The van der Waals surface area contributed by atoms with Crippen molar-refractivity contribution in [3.8, 4) is 5.75 Å². The Morgan fingerprint density at radius 3 is 2.78 bits per heavy atom. The molecule has 0 spiro atoms. The van der Waals surface area contributed by atoms with Crippen molar-refractivity contribution < 1.29 is 14.6 Å². The van der Waals surface area contributed by atoms with Gasteiger partial charge in [-0.15, -0.1) is 0 Å². The third-order valence-corrected chi connectivity index (χ3v) is 4.59. The first kappa shape index (κ1) is 16.9. The molecule has 1 aliphatic rings. The van der Waals surface area contributed by atoms with Gasteiger partial charge in [0.05, 0.1) is 22.6 Å². The molecule has 0 bridgehead atoms. The van der Waals surface area contributed by atoms with Crippen LogP contribution in [0, 0.1) is 0 Å². The van der Waals surface area contributed by atoms with Crippen LogP contribution < -0.4 is 5.32 Å². The molecule has 4 rings (SSSR count). The molecule has 6 heteroatoms. The maximum atomic E-state index is 12.8. The van der Waals surface area contributed by atoms with Gasteiger partial charge in [0.2, 0.25) is 5.95 Å². The summed E-state index contributed by atoms with van der Waals surface area (Å²) in [6.07, 6.45) is 1.54. The number of ether oxygens (including phenoxy) is 1. The summed E-state index contributed by atoms with van der Waals surface area (Å²) in [5.74, 6) is 0.410. The first-order valence-corrected chi connectivity index (χ1v) is 8.62. The van der Waals surface area contributed by atoms with Crippen molar-refractivity contribution in [3.05, 3.63) is 78.0 Å². The number of nitrogens with one attached hydrogen (secondary N) is 1. The van der Waals surface area contributed by atoms with E-state index in [0.29, 0.717) is 17.2 Å². The van der Waals surface area contributed by atoms with Gasteiger partial charge in [-0.25, -0.2) is 9.78 Å².